The van der Waals surface area contributed by atoms with Crippen LogP contribution in [-0.4, -0.2) is 49.5 Å². The standard InChI is InChI=1S/C20H27N3O3S.ClH/c1-13-16-11-15(26-2)6-7-17(16)27-19(13)20(25)23-10-4-3-5-14(23)12-22-18(24)8-9-21;/h6-7,11,14H,3-5,8-10,12,21H2,1-2H3,(H,22,24);1H. The number of carbonyl (C=O) groups is 2. The molecule has 0 saturated carbocycles. The van der Waals surface area contributed by atoms with E-state index in [4.69, 9.17) is 10.5 Å². The number of nitrogens with zero attached hydrogens (tertiary/aromatic N) is 1. The highest BCUT2D eigenvalue weighted by molar-refractivity contribution is 7.21. The SMILES string of the molecule is COc1ccc2sc(C(=O)N3CCCCC3CNC(=O)CCN)c(C)c2c1.Cl. The topological polar surface area (TPSA) is 84.7 Å². The number of nitrogens with two attached hydrogens (primary N) is 1. The maximum absolute atomic E-state index is 13.3. The molecule has 0 spiro atoms. The fraction of sp³-hybridized carbons (Fsp3) is 0.500. The minimum atomic E-state index is -0.0550. The number of piperidine rings is 1. The van der Waals surface area contributed by atoms with Crippen LogP contribution in [-0.2, 0) is 4.79 Å². The summed E-state index contributed by atoms with van der Waals surface area (Å²) in [5.41, 5.74) is 6.43. The maximum Gasteiger partial charge on any atom is 0.264 e. The van der Waals surface area contributed by atoms with Gasteiger partial charge in [-0.15, -0.1) is 23.7 Å². The zero-order valence-electron chi connectivity index (χ0n) is 16.3. The summed E-state index contributed by atoms with van der Waals surface area (Å²) in [5, 5.41) is 3.98. The fourth-order valence-electron chi connectivity index (χ4n) is 3.59. The van der Waals surface area contributed by atoms with E-state index in [1.807, 2.05) is 30.0 Å². The summed E-state index contributed by atoms with van der Waals surface area (Å²) in [7, 11) is 1.65. The molecule has 1 aliphatic heterocycles. The second-order valence-electron chi connectivity index (χ2n) is 6.91. The van der Waals surface area contributed by atoms with Crippen LogP contribution in [0.15, 0.2) is 18.2 Å². The Balaban J connectivity index is 0.00000280. The number of hydrogen-bond acceptors (Lipinski definition) is 5. The van der Waals surface area contributed by atoms with Crippen molar-refractivity contribution in [1.29, 1.82) is 0 Å². The molecule has 1 aliphatic rings. The molecule has 0 radical (unpaired) electrons. The molecule has 8 heteroatoms. The predicted octanol–water partition coefficient (Wildman–Crippen LogP) is 3.10. The molecule has 1 atom stereocenters. The minimum absolute atomic E-state index is 0. The van der Waals surface area contributed by atoms with Gasteiger partial charge in [0.2, 0.25) is 5.91 Å². The van der Waals surface area contributed by atoms with Gasteiger partial charge in [-0.05, 0) is 55.3 Å². The molecule has 0 aliphatic carbocycles. The number of carbonyl (C=O) groups excluding carboxylic acids is 2. The number of likely N-dealkylation sites (tertiary alicyclic amines) is 1. The number of methoxy groups -OCH3 is 1. The van der Waals surface area contributed by atoms with Crippen molar-refractivity contribution in [2.75, 3.05) is 26.7 Å². The second-order valence-corrected chi connectivity index (χ2v) is 7.96. The van der Waals surface area contributed by atoms with Gasteiger partial charge < -0.3 is 20.7 Å². The number of hydrogen-bond donors (Lipinski definition) is 2. The average molecular weight is 426 g/mol. The molecule has 2 aromatic rings. The Morgan fingerprint density at radius 3 is 2.86 bits per heavy atom. The quantitative estimate of drug-likeness (QED) is 0.744. The molecule has 28 heavy (non-hydrogen) atoms. The molecule has 1 unspecified atom stereocenters. The Morgan fingerprint density at radius 1 is 1.36 bits per heavy atom. The van der Waals surface area contributed by atoms with Crippen molar-refractivity contribution < 1.29 is 14.3 Å². The van der Waals surface area contributed by atoms with Gasteiger partial charge in [0.05, 0.1) is 12.0 Å². The van der Waals surface area contributed by atoms with Crippen molar-refractivity contribution in [3.63, 3.8) is 0 Å². The van der Waals surface area contributed by atoms with E-state index in [1.54, 1.807) is 7.11 Å². The Morgan fingerprint density at radius 2 is 2.14 bits per heavy atom. The number of aryl methyl sites for hydroxylation is 1. The molecule has 2 heterocycles. The van der Waals surface area contributed by atoms with E-state index in [0.717, 1.165) is 52.1 Å². The first-order chi connectivity index (χ1) is 13.0. The number of halogens is 1. The van der Waals surface area contributed by atoms with Crippen LogP contribution < -0.4 is 15.8 Å². The van der Waals surface area contributed by atoms with E-state index in [0.29, 0.717) is 19.5 Å². The summed E-state index contributed by atoms with van der Waals surface area (Å²) in [6.45, 7) is 3.55. The number of thiophene rings is 1. The number of rotatable bonds is 6. The van der Waals surface area contributed by atoms with Crippen molar-refractivity contribution in [1.82, 2.24) is 10.2 Å². The van der Waals surface area contributed by atoms with Crippen LogP contribution in [0.25, 0.3) is 10.1 Å². The molecular weight excluding hydrogens is 398 g/mol. The second kappa shape index (κ2) is 10.1. The normalized spacial score (nSPS) is 16.5. The lowest BCUT2D eigenvalue weighted by Gasteiger charge is -2.35. The van der Waals surface area contributed by atoms with Crippen molar-refractivity contribution in [3.8, 4) is 5.75 Å². The van der Waals surface area contributed by atoms with Gasteiger partial charge in [0.15, 0.2) is 0 Å². The Labute approximate surface area is 175 Å². The number of benzene rings is 1. The van der Waals surface area contributed by atoms with E-state index >= 15 is 0 Å². The lowest BCUT2D eigenvalue weighted by molar-refractivity contribution is -0.121. The fourth-order valence-corrected chi connectivity index (χ4v) is 4.74. The van der Waals surface area contributed by atoms with Crippen LogP contribution in [0.4, 0.5) is 0 Å². The first-order valence-corrected chi connectivity index (χ1v) is 10.2. The largest absolute Gasteiger partial charge is 0.497 e. The van der Waals surface area contributed by atoms with Crippen molar-refractivity contribution in [3.05, 3.63) is 28.6 Å². The molecule has 6 nitrogen and oxygen atoms in total. The van der Waals surface area contributed by atoms with Gasteiger partial charge in [-0.25, -0.2) is 0 Å². The van der Waals surface area contributed by atoms with Crippen LogP contribution in [0.2, 0.25) is 0 Å². The van der Waals surface area contributed by atoms with Crippen LogP contribution in [0.1, 0.15) is 40.9 Å². The molecule has 3 rings (SSSR count). The zero-order valence-corrected chi connectivity index (χ0v) is 18.0. The van der Waals surface area contributed by atoms with E-state index < -0.39 is 0 Å². The van der Waals surface area contributed by atoms with Gasteiger partial charge in [0.1, 0.15) is 5.75 Å². The Bertz CT molecular complexity index is 839. The highest BCUT2D eigenvalue weighted by atomic mass is 35.5. The van der Waals surface area contributed by atoms with Gasteiger partial charge in [-0.1, -0.05) is 0 Å². The monoisotopic (exact) mass is 425 g/mol. The molecule has 1 fully saturated rings. The van der Waals surface area contributed by atoms with Crippen molar-refractivity contribution >= 4 is 45.6 Å². The van der Waals surface area contributed by atoms with Gasteiger partial charge in [0.25, 0.3) is 5.91 Å². The number of nitrogens with one attached hydrogen (secondary N) is 1. The lowest BCUT2D eigenvalue weighted by atomic mass is 10.0. The summed E-state index contributed by atoms with van der Waals surface area (Å²) in [6, 6.07) is 5.94. The van der Waals surface area contributed by atoms with Crippen LogP contribution in [0, 0.1) is 6.92 Å². The summed E-state index contributed by atoms with van der Waals surface area (Å²) in [4.78, 5) is 27.8. The van der Waals surface area contributed by atoms with Crippen LogP contribution in [0.3, 0.4) is 0 Å². The summed E-state index contributed by atoms with van der Waals surface area (Å²) in [6.07, 6.45) is 3.30. The molecule has 154 valence electrons. The summed E-state index contributed by atoms with van der Waals surface area (Å²) in [5.74, 6) is 0.798. The van der Waals surface area contributed by atoms with E-state index in [9.17, 15) is 9.59 Å². The third-order valence-electron chi connectivity index (χ3n) is 5.13. The highest BCUT2D eigenvalue weighted by Gasteiger charge is 2.30. The predicted molar refractivity (Wildman–Crippen MR) is 116 cm³/mol. The van der Waals surface area contributed by atoms with Crippen LogP contribution >= 0.6 is 23.7 Å². The third-order valence-corrected chi connectivity index (χ3v) is 6.39. The number of ether oxygens (including phenoxy) is 1. The van der Waals surface area contributed by atoms with Crippen LogP contribution in [0.5, 0.6) is 5.75 Å². The first kappa shape index (κ1) is 22.5. The molecule has 1 aromatic carbocycles. The lowest BCUT2D eigenvalue weighted by Crippen LogP contribution is -2.49. The highest BCUT2D eigenvalue weighted by Crippen LogP contribution is 2.35. The molecule has 1 saturated heterocycles. The first-order valence-electron chi connectivity index (χ1n) is 9.40. The molecular formula is C20H28ClN3O3S. The smallest absolute Gasteiger partial charge is 0.264 e. The third kappa shape index (κ3) is 4.77. The van der Waals surface area contributed by atoms with Gasteiger partial charge in [0, 0.05) is 36.8 Å². The van der Waals surface area contributed by atoms with Gasteiger partial charge in [-0.2, -0.15) is 0 Å². The summed E-state index contributed by atoms with van der Waals surface area (Å²) < 4.78 is 6.40. The Kier molecular flexibility index (Phi) is 8.10. The number of fused-ring (bicyclic) bond motifs is 1. The molecule has 3 N–H and O–H groups in total. The Hall–Kier alpha value is -1.83. The van der Waals surface area contributed by atoms with Crippen molar-refractivity contribution in [2.45, 2.75) is 38.6 Å². The summed E-state index contributed by atoms with van der Waals surface area (Å²) >= 11 is 1.53. The maximum atomic E-state index is 13.3. The van der Waals surface area contributed by atoms with Gasteiger partial charge in [-0.3, -0.25) is 9.59 Å². The molecule has 1 aromatic heterocycles. The van der Waals surface area contributed by atoms with E-state index in [-0.39, 0.29) is 30.3 Å². The molecule has 2 amide bonds. The van der Waals surface area contributed by atoms with Gasteiger partial charge >= 0.3 is 0 Å². The van der Waals surface area contributed by atoms with E-state index in [2.05, 4.69) is 5.32 Å². The van der Waals surface area contributed by atoms with Crippen molar-refractivity contribution in [2.24, 2.45) is 5.73 Å². The zero-order chi connectivity index (χ0) is 19.4. The van der Waals surface area contributed by atoms with E-state index in [1.165, 1.54) is 11.3 Å². The molecule has 0 bridgehead atoms. The average Bonchev–Trinajstić information content (AvgIpc) is 3.02. The minimum Gasteiger partial charge on any atom is -0.497 e. The number of amides is 2.